The molecule has 4 nitrogen and oxygen atoms in total. The molecule has 0 unspecified atom stereocenters. The first-order valence-corrected chi connectivity index (χ1v) is 7.12. The highest BCUT2D eigenvalue weighted by atomic mass is 35.5. The number of alkyl halides is 1. The highest BCUT2D eigenvalue weighted by molar-refractivity contribution is 6.17. The Hall–Kier alpha value is -1.81. The molecule has 2 aromatic rings. The molecule has 1 N–H and O–H groups in total. The molecule has 0 atom stereocenters. The summed E-state index contributed by atoms with van der Waals surface area (Å²) >= 11 is 5.80. The lowest BCUT2D eigenvalue weighted by molar-refractivity contribution is 0.0950. The normalized spacial score (nSPS) is 10.6. The van der Waals surface area contributed by atoms with Crippen LogP contribution in [0.15, 0.2) is 30.5 Å². The molecule has 5 heteroatoms. The van der Waals surface area contributed by atoms with Gasteiger partial charge in [0, 0.05) is 25.7 Å². The van der Waals surface area contributed by atoms with Crippen molar-refractivity contribution in [1.82, 2.24) is 15.1 Å². The molecule has 0 spiro atoms. The summed E-state index contributed by atoms with van der Waals surface area (Å²) in [6.07, 6.45) is 2.49. The molecule has 0 saturated carbocycles. The lowest BCUT2D eigenvalue weighted by Crippen LogP contribution is -2.23. The first-order chi connectivity index (χ1) is 9.63. The summed E-state index contributed by atoms with van der Waals surface area (Å²) in [6, 6.07) is 7.88. The van der Waals surface area contributed by atoms with Crippen LogP contribution in [0.2, 0.25) is 0 Å². The minimum atomic E-state index is -0.0915. The number of rotatable bonds is 5. The molecule has 0 fully saturated rings. The number of amides is 1. The number of carbonyl (C=O) groups excluding carboxylic acids is 1. The maximum atomic E-state index is 12.2. The molecule has 1 aromatic heterocycles. The Labute approximate surface area is 123 Å². The lowest BCUT2D eigenvalue weighted by Gasteiger charge is -2.06. The van der Waals surface area contributed by atoms with Gasteiger partial charge < -0.3 is 5.32 Å². The van der Waals surface area contributed by atoms with E-state index in [2.05, 4.69) is 10.4 Å². The molecule has 20 heavy (non-hydrogen) atoms. The van der Waals surface area contributed by atoms with E-state index in [1.807, 2.05) is 38.2 Å². The fourth-order valence-corrected chi connectivity index (χ4v) is 2.25. The maximum Gasteiger partial charge on any atom is 0.255 e. The molecule has 0 aliphatic carbocycles. The van der Waals surface area contributed by atoms with Crippen molar-refractivity contribution in [2.24, 2.45) is 7.05 Å². The number of aryl methyl sites for hydroxylation is 2. The van der Waals surface area contributed by atoms with E-state index < -0.39 is 0 Å². The molecular formula is C15H18ClN3O. The van der Waals surface area contributed by atoms with Crippen molar-refractivity contribution in [1.29, 1.82) is 0 Å². The van der Waals surface area contributed by atoms with Crippen LogP contribution in [0.1, 0.15) is 34.1 Å². The van der Waals surface area contributed by atoms with Gasteiger partial charge in [0.2, 0.25) is 0 Å². The van der Waals surface area contributed by atoms with E-state index in [1.54, 1.807) is 10.9 Å². The molecule has 0 aliphatic heterocycles. The van der Waals surface area contributed by atoms with Gasteiger partial charge in [0.15, 0.2) is 0 Å². The molecule has 2 rings (SSSR count). The summed E-state index contributed by atoms with van der Waals surface area (Å²) in [5.74, 6) is 0.385. The van der Waals surface area contributed by atoms with Gasteiger partial charge in [-0.3, -0.25) is 9.48 Å². The minimum absolute atomic E-state index is 0.0915. The topological polar surface area (TPSA) is 46.9 Å². The van der Waals surface area contributed by atoms with Crippen molar-refractivity contribution < 1.29 is 4.79 Å². The van der Waals surface area contributed by atoms with Gasteiger partial charge >= 0.3 is 0 Å². The second kappa shape index (κ2) is 6.57. The molecular weight excluding hydrogens is 274 g/mol. The fourth-order valence-electron chi connectivity index (χ4n) is 2.09. The first kappa shape index (κ1) is 14.6. The van der Waals surface area contributed by atoms with Crippen LogP contribution in [-0.2, 0) is 25.9 Å². The maximum absolute atomic E-state index is 12.2. The number of hydrogen-bond acceptors (Lipinski definition) is 2. The van der Waals surface area contributed by atoms with E-state index in [9.17, 15) is 4.79 Å². The molecule has 0 saturated heterocycles. The van der Waals surface area contributed by atoms with Crippen LogP contribution in [0.3, 0.4) is 0 Å². The van der Waals surface area contributed by atoms with Crippen LogP contribution < -0.4 is 5.32 Å². The van der Waals surface area contributed by atoms with Gasteiger partial charge in [0.05, 0.1) is 11.3 Å². The average Bonchev–Trinajstić information content (AvgIpc) is 2.86. The summed E-state index contributed by atoms with van der Waals surface area (Å²) in [5.41, 5.74) is 3.55. The summed E-state index contributed by atoms with van der Waals surface area (Å²) in [5, 5.41) is 7.19. The van der Waals surface area contributed by atoms with Gasteiger partial charge in [-0.15, -0.1) is 11.6 Å². The Bertz CT molecular complexity index is 607. The third-order valence-corrected chi connectivity index (χ3v) is 3.39. The molecule has 106 valence electrons. The third kappa shape index (κ3) is 3.39. The summed E-state index contributed by atoms with van der Waals surface area (Å²) in [4.78, 5) is 12.2. The number of benzene rings is 1. The van der Waals surface area contributed by atoms with Crippen LogP contribution in [0.25, 0.3) is 0 Å². The smallest absolute Gasteiger partial charge is 0.255 e. The SMILES string of the molecule is CCc1nn(C)cc1C(=O)NCc1cccc(CCl)c1. The molecule has 0 aliphatic rings. The largest absolute Gasteiger partial charge is 0.348 e. The van der Waals surface area contributed by atoms with Crippen LogP contribution in [0.5, 0.6) is 0 Å². The zero-order valence-electron chi connectivity index (χ0n) is 11.7. The van der Waals surface area contributed by atoms with Crippen molar-refractivity contribution in [2.45, 2.75) is 25.8 Å². The Balaban J connectivity index is 2.04. The monoisotopic (exact) mass is 291 g/mol. The fraction of sp³-hybridized carbons (Fsp3) is 0.333. The van der Waals surface area contributed by atoms with Gasteiger partial charge in [-0.05, 0) is 17.5 Å². The molecule has 0 radical (unpaired) electrons. The van der Waals surface area contributed by atoms with E-state index in [0.717, 1.165) is 23.2 Å². The number of nitrogens with one attached hydrogen (secondary N) is 1. The van der Waals surface area contributed by atoms with E-state index in [0.29, 0.717) is 18.0 Å². The Morgan fingerprint density at radius 1 is 1.40 bits per heavy atom. The van der Waals surface area contributed by atoms with Crippen LogP contribution in [-0.4, -0.2) is 15.7 Å². The Morgan fingerprint density at radius 3 is 2.85 bits per heavy atom. The predicted octanol–water partition coefficient (Wildman–Crippen LogP) is 2.65. The van der Waals surface area contributed by atoms with Crippen molar-refractivity contribution >= 4 is 17.5 Å². The third-order valence-electron chi connectivity index (χ3n) is 3.08. The van der Waals surface area contributed by atoms with Crippen LogP contribution >= 0.6 is 11.6 Å². The zero-order chi connectivity index (χ0) is 14.5. The van der Waals surface area contributed by atoms with Crippen molar-refractivity contribution in [2.75, 3.05) is 0 Å². The number of hydrogen-bond donors (Lipinski definition) is 1. The van der Waals surface area contributed by atoms with E-state index in [-0.39, 0.29) is 5.91 Å². The van der Waals surface area contributed by atoms with Gasteiger partial charge in [0.25, 0.3) is 5.91 Å². The molecule has 0 bridgehead atoms. The number of halogens is 1. The number of nitrogens with zero attached hydrogens (tertiary/aromatic N) is 2. The second-order valence-corrected chi connectivity index (χ2v) is 4.92. The number of aromatic nitrogens is 2. The first-order valence-electron chi connectivity index (χ1n) is 6.58. The summed E-state index contributed by atoms with van der Waals surface area (Å²) < 4.78 is 1.67. The average molecular weight is 292 g/mol. The van der Waals surface area contributed by atoms with Crippen LogP contribution in [0.4, 0.5) is 0 Å². The molecule has 1 amide bonds. The van der Waals surface area contributed by atoms with Crippen LogP contribution in [0, 0.1) is 0 Å². The van der Waals surface area contributed by atoms with E-state index in [4.69, 9.17) is 11.6 Å². The van der Waals surface area contributed by atoms with Crippen molar-refractivity contribution in [3.63, 3.8) is 0 Å². The van der Waals surface area contributed by atoms with Gasteiger partial charge in [0.1, 0.15) is 0 Å². The van der Waals surface area contributed by atoms with Crippen molar-refractivity contribution in [3.05, 3.63) is 52.8 Å². The molecule has 1 heterocycles. The molecule has 1 aromatic carbocycles. The Kier molecular flexibility index (Phi) is 4.79. The Morgan fingerprint density at radius 2 is 2.15 bits per heavy atom. The van der Waals surface area contributed by atoms with E-state index in [1.165, 1.54) is 0 Å². The van der Waals surface area contributed by atoms with Gasteiger partial charge in [-0.25, -0.2) is 0 Å². The summed E-state index contributed by atoms with van der Waals surface area (Å²) in [7, 11) is 1.82. The van der Waals surface area contributed by atoms with Gasteiger partial charge in [-0.1, -0.05) is 31.2 Å². The highest BCUT2D eigenvalue weighted by Gasteiger charge is 2.13. The highest BCUT2D eigenvalue weighted by Crippen LogP contribution is 2.10. The zero-order valence-corrected chi connectivity index (χ0v) is 12.4. The van der Waals surface area contributed by atoms with E-state index >= 15 is 0 Å². The summed E-state index contributed by atoms with van der Waals surface area (Å²) in [6.45, 7) is 2.48. The van der Waals surface area contributed by atoms with Crippen molar-refractivity contribution in [3.8, 4) is 0 Å². The lowest BCUT2D eigenvalue weighted by atomic mass is 10.1. The van der Waals surface area contributed by atoms with Gasteiger partial charge in [-0.2, -0.15) is 5.10 Å². The number of carbonyl (C=O) groups is 1. The minimum Gasteiger partial charge on any atom is -0.348 e. The quantitative estimate of drug-likeness (QED) is 0.861. The second-order valence-electron chi connectivity index (χ2n) is 4.65. The predicted molar refractivity (Wildman–Crippen MR) is 79.8 cm³/mol. The standard InChI is InChI=1S/C15H18ClN3O/c1-3-14-13(10-19(2)18-14)15(20)17-9-12-6-4-5-11(7-12)8-16/h4-7,10H,3,8-9H2,1-2H3,(H,17,20).